The normalized spacial score (nSPS) is 15.2. The number of hydrogen-bond donors (Lipinski definition) is 2. The van der Waals surface area contributed by atoms with Crippen molar-refractivity contribution in [3.63, 3.8) is 0 Å². The molecule has 10 heteroatoms. The molecule has 0 spiro atoms. The van der Waals surface area contributed by atoms with Crippen LogP contribution in [0, 0.1) is 0 Å². The maximum Gasteiger partial charge on any atom is 0.321 e. The van der Waals surface area contributed by atoms with Crippen LogP contribution in [0.3, 0.4) is 0 Å². The van der Waals surface area contributed by atoms with E-state index in [0.717, 1.165) is 24.6 Å². The van der Waals surface area contributed by atoms with Crippen molar-refractivity contribution in [2.45, 2.75) is 29.7 Å². The van der Waals surface area contributed by atoms with E-state index in [4.69, 9.17) is 0 Å². The van der Waals surface area contributed by atoms with Gasteiger partial charge in [0.1, 0.15) is 4.90 Å². The summed E-state index contributed by atoms with van der Waals surface area (Å²) in [7, 11) is -3.48. The molecular formula is C14H20N4O4S2. The van der Waals surface area contributed by atoms with Crippen LogP contribution in [0.4, 0.5) is 4.79 Å². The highest BCUT2D eigenvalue weighted by Gasteiger charge is 2.27. The number of carbonyl (C=O) groups excluding carboxylic acids is 2. The van der Waals surface area contributed by atoms with Gasteiger partial charge < -0.3 is 5.32 Å². The molecule has 8 nitrogen and oxygen atoms in total. The fourth-order valence-electron chi connectivity index (χ4n) is 2.19. The van der Waals surface area contributed by atoms with Crippen molar-refractivity contribution in [3.8, 4) is 0 Å². The number of hydrogen-bond acceptors (Lipinski definition) is 6. The summed E-state index contributed by atoms with van der Waals surface area (Å²) in [6.45, 7) is 3.26. The summed E-state index contributed by atoms with van der Waals surface area (Å²) in [6.07, 6.45) is 3.06. The first-order valence-corrected chi connectivity index (χ1v) is 10.0. The van der Waals surface area contributed by atoms with Crippen molar-refractivity contribution >= 4 is 33.7 Å². The predicted molar refractivity (Wildman–Crippen MR) is 90.2 cm³/mol. The number of pyridine rings is 1. The van der Waals surface area contributed by atoms with E-state index in [1.54, 1.807) is 13.0 Å². The summed E-state index contributed by atoms with van der Waals surface area (Å²) in [5, 5.41) is 5.16. The largest absolute Gasteiger partial charge is 0.338 e. The van der Waals surface area contributed by atoms with Crippen LogP contribution in [-0.2, 0) is 14.8 Å². The van der Waals surface area contributed by atoms with Crippen LogP contribution >= 0.6 is 11.8 Å². The Kier molecular flexibility index (Phi) is 6.58. The Morgan fingerprint density at radius 2 is 2.00 bits per heavy atom. The molecular weight excluding hydrogens is 352 g/mol. The van der Waals surface area contributed by atoms with Gasteiger partial charge in [0.2, 0.25) is 15.9 Å². The van der Waals surface area contributed by atoms with Crippen molar-refractivity contribution in [1.82, 2.24) is 19.9 Å². The Morgan fingerprint density at radius 1 is 1.29 bits per heavy atom. The lowest BCUT2D eigenvalue weighted by Crippen LogP contribution is -2.40. The Balaban J connectivity index is 1.90. The number of nitrogens with one attached hydrogen (secondary N) is 2. The molecule has 24 heavy (non-hydrogen) atoms. The average molecular weight is 372 g/mol. The van der Waals surface area contributed by atoms with Crippen LogP contribution in [0.1, 0.15) is 19.8 Å². The van der Waals surface area contributed by atoms with E-state index in [1.807, 2.05) is 0 Å². The summed E-state index contributed by atoms with van der Waals surface area (Å²) in [4.78, 5) is 27.0. The van der Waals surface area contributed by atoms with E-state index < -0.39 is 22.0 Å². The lowest BCUT2D eigenvalue weighted by atomic mass is 10.4. The van der Waals surface area contributed by atoms with E-state index in [0.29, 0.717) is 24.7 Å². The molecule has 0 saturated carbocycles. The van der Waals surface area contributed by atoms with Gasteiger partial charge in [-0.1, -0.05) is 11.8 Å². The van der Waals surface area contributed by atoms with E-state index in [2.05, 4.69) is 15.6 Å². The minimum atomic E-state index is -3.48. The van der Waals surface area contributed by atoms with Crippen LogP contribution in [-0.4, -0.2) is 55.0 Å². The van der Waals surface area contributed by atoms with Crippen LogP contribution < -0.4 is 10.6 Å². The van der Waals surface area contributed by atoms with Crippen LogP contribution in [0.25, 0.3) is 0 Å². The van der Waals surface area contributed by atoms with Crippen molar-refractivity contribution in [2.75, 3.05) is 25.4 Å². The highest BCUT2D eigenvalue weighted by Crippen LogP contribution is 2.22. The summed E-state index contributed by atoms with van der Waals surface area (Å²) in [5.41, 5.74) is 0. The number of rotatable bonds is 6. The summed E-state index contributed by atoms with van der Waals surface area (Å²) in [5.74, 6) is -0.427. The molecule has 132 valence electrons. The average Bonchev–Trinajstić information content (AvgIpc) is 3.09. The van der Waals surface area contributed by atoms with Crippen LogP contribution in [0.5, 0.6) is 0 Å². The Morgan fingerprint density at radius 3 is 2.58 bits per heavy atom. The molecule has 0 atom stereocenters. The number of amides is 3. The van der Waals surface area contributed by atoms with E-state index >= 15 is 0 Å². The fraction of sp³-hybridized carbons (Fsp3) is 0.500. The maximum absolute atomic E-state index is 12.4. The van der Waals surface area contributed by atoms with Crippen molar-refractivity contribution < 1.29 is 18.0 Å². The smallest absolute Gasteiger partial charge is 0.321 e. The van der Waals surface area contributed by atoms with Crippen molar-refractivity contribution in [3.05, 3.63) is 18.3 Å². The van der Waals surface area contributed by atoms with Crippen LogP contribution in [0.2, 0.25) is 0 Å². The Hall–Kier alpha value is -1.65. The molecule has 2 N–H and O–H groups in total. The first kappa shape index (κ1) is 18.7. The molecule has 0 radical (unpaired) electrons. The lowest BCUT2D eigenvalue weighted by molar-refractivity contribution is -0.117. The minimum absolute atomic E-state index is 0.0162. The number of imide groups is 1. The van der Waals surface area contributed by atoms with Gasteiger partial charge in [-0.15, -0.1) is 0 Å². The second kappa shape index (κ2) is 8.45. The fourth-order valence-corrected chi connectivity index (χ4v) is 4.29. The van der Waals surface area contributed by atoms with Gasteiger partial charge in [0.15, 0.2) is 0 Å². The minimum Gasteiger partial charge on any atom is -0.338 e. The van der Waals surface area contributed by atoms with E-state index in [9.17, 15) is 18.0 Å². The lowest BCUT2D eigenvalue weighted by Gasteiger charge is -2.15. The van der Waals surface area contributed by atoms with Gasteiger partial charge in [-0.2, -0.15) is 4.31 Å². The first-order chi connectivity index (χ1) is 11.4. The third-order valence-corrected chi connectivity index (χ3v) is 6.18. The molecule has 1 fully saturated rings. The second-order valence-corrected chi connectivity index (χ2v) is 8.07. The quantitative estimate of drug-likeness (QED) is 0.715. The molecule has 1 aromatic rings. The third-order valence-electron chi connectivity index (χ3n) is 3.35. The van der Waals surface area contributed by atoms with Gasteiger partial charge in [-0.25, -0.2) is 18.2 Å². The van der Waals surface area contributed by atoms with E-state index in [-0.39, 0.29) is 10.6 Å². The molecule has 3 amide bonds. The van der Waals surface area contributed by atoms with Crippen molar-refractivity contribution in [2.24, 2.45) is 0 Å². The van der Waals surface area contributed by atoms with E-state index in [1.165, 1.54) is 16.6 Å². The number of thioether (sulfide) groups is 1. The monoisotopic (exact) mass is 372 g/mol. The summed E-state index contributed by atoms with van der Waals surface area (Å²) in [6, 6.07) is 2.51. The number of nitrogens with zero attached hydrogens (tertiary/aromatic N) is 2. The SMILES string of the molecule is CCNC(=O)NC(=O)CSc1ccc(S(=O)(=O)N2CCCC2)cn1. The maximum atomic E-state index is 12.4. The zero-order valence-electron chi connectivity index (χ0n) is 13.3. The summed E-state index contributed by atoms with van der Waals surface area (Å²) < 4.78 is 26.2. The molecule has 2 rings (SSSR count). The topological polar surface area (TPSA) is 108 Å². The summed E-state index contributed by atoms with van der Waals surface area (Å²) >= 11 is 1.13. The molecule has 0 unspecified atom stereocenters. The van der Waals surface area contributed by atoms with Gasteiger partial charge in [0.05, 0.1) is 10.8 Å². The first-order valence-electron chi connectivity index (χ1n) is 7.60. The molecule has 0 aliphatic carbocycles. The number of aromatic nitrogens is 1. The molecule has 1 aliphatic heterocycles. The molecule has 0 aromatic carbocycles. The molecule has 0 bridgehead atoms. The second-order valence-electron chi connectivity index (χ2n) is 5.14. The highest BCUT2D eigenvalue weighted by atomic mass is 32.2. The zero-order chi connectivity index (χ0) is 17.6. The number of urea groups is 1. The third kappa shape index (κ3) is 4.92. The van der Waals surface area contributed by atoms with Gasteiger partial charge in [0, 0.05) is 25.8 Å². The molecule has 1 aromatic heterocycles. The van der Waals surface area contributed by atoms with Gasteiger partial charge in [-0.3, -0.25) is 10.1 Å². The standard InChI is InChI=1S/C14H20N4O4S2/c1-2-15-14(20)17-12(19)10-23-13-6-5-11(9-16-13)24(21,22)18-7-3-4-8-18/h5-6,9H,2-4,7-8,10H2,1H3,(H2,15,17,19,20). The number of sulfonamides is 1. The number of carbonyl (C=O) groups is 2. The molecule has 2 heterocycles. The Labute approximate surface area is 145 Å². The van der Waals surface area contributed by atoms with Crippen LogP contribution in [0.15, 0.2) is 28.3 Å². The Bertz CT molecular complexity index is 685. The molecule has 1 saturated heterocycles. The highest BCUT2D eigenvalue weighted by molar-refractivity contribution is 7.99. The zero-order valence-corrected chi connectivity index (χ0v) is 15.0. The van der Waals surface area contributed by atoms with Gasteiger partial charge in [0.25, 0.3) is 0 Å². The molecule has 1 aliphatic rings. The predicted octanol–water partition coefficient (Wildman–Crippen LogP) is 0.804. The van der Waals surface area contributed by atoms with Gasteiger partial charge >= 0.3 is 6.03 Å². The van der Waals surface area contributed by atoms with Crippen molar-refractivity contribution in [1.29, 1.82) is 0 Å². The van der Waals surface area contributed by atoms with Gasteiger partial charge in [-0.05, 0) is 31.9 Å².